The van der Waals surface area contributed by atoms with Crippen molar-refractivity contribution in [2.45, 2.75) is 51.0 Å². The molecule has 0 spiro atoms. The van der Waals surface area contributed by atoms with Crippen molar-refractivity contribution in [3.8, 4) is 5.75 Å². The topological polar surface area (TPSA) is 96.8 Å². The van der Waals surface area contributed by atoms with Crippen molar-refractivity contribution in [3.63, 3.8) is 0 Å². The number of sulfonamides is 1. The van der Waals surface area contributed by atoms with E-state index >= 15 is 0 Å². The first kappa shape index (κ1) is 27.7. The first-order valence-corrected chi connectivity index (χ1v) is 13.5. The zero-order valence-electron chi connectivity index (χ0n) is 21.4. The van der Waals surface area contributed by atoms with E-state index in [2.05, 4.69) is 4.98 Å². The Morgan fingerprint density at radius 2 is 1.86 bits per heavy atom. The molecule has 0 saturated carbocycles. The maximum absolute atomic E-state index is 13.7. The summed E-state index contributed by atoms with van der Waals surface area (Å²) < 4.78 is 35.0. The Bertz CT molecular complexity index is 1310. The molecule has 1 aromatic heterocycles. The molecule has 0 atom stereocenters. The van der Waals surface area contributed by atoms with Gasteiger partial charge in [-0.15, -0.1) is 11.3 Å². The Balaban J connectivity index is 0.00000228. The van der Waals surface area contributed by atoms with Crippen LogP contribution in [0.4, 0.5) is 5.69 Å². The summed E-state index contributed by atoms with van der Waals surface area (Å²) in [6, 6.07) is 10.4. The SMILES string of the molecule is Cc1csc(S(=O)(=O)N(CC(C)C)c2cc3c(cc2OCc2ccc(C(=O)O)cc2)CCC3)n1.[H-].[Na+]. The van der Waals surface area contributed by atoms with Gasteiger partial charge in [0.25, 0.3) is 10.0 Å². The van der Waals surface area contributed by atoms with Crippen molar-refractivity contribution in [1.29, 1.82) is 0 Å². The molecule has 7 nitrogen and oxygen atoms in total. The van der Waals surface area contributed by atoms with Gasteiger partial charge in [0.1, 0.15) is 12.4 Å². The molecule has 0 amide bonds. The molecule has 1 heterocycles. The Morgan fingerprint density at radius 3 is 2.43 bits per heavy atom. The van der Waals surface area contributed by atoms with Crippen LogP contribution in [0.3, 0.4) is 0 Å². The molecule has 0 aliphatic heterocycles. The number of aromatic carboxylic acids is 1. The molecule has 0 radical (unpaired) electrons. The molecule has 0 fully saturated rings. The number of rotatable bonds is 9. The first-order chi connectivity index (χ1) is 16.1. The van der Waals surface area contributed by atoms with Gasteiger partial charge in [-0.05, 0) is 73.1 Å². The van der Waals surface area contributed by atoms with Gasteiger partial charge in [-0.1, -0.05) is 26.0 Å². The summed E-state index contributed by atoms with van der Waals surface area (Å²) in [7, 11) is -3.87. The fourth-order valence-corrected chi connectivity index (χ4v) is 6.77. The third-order valence-electron chi connectivity index (χ3n) is 5.68. The van der Waals surface area contributed by atoms with Gasteiger partial charge in [0.05, 0.1) is 11.3 Å². The van der Waals surface area contributed by atoms with Crippen molar-refractivity contribution >= 4 is 33.0 Å². The largest absolute Gasteiger partial charge is 1.00 e. The molecule has 1 aliphatic carbocycles. The van der Waals surface area contributed by atoms with E-state index in [-0.39, 0.29) is 53.4 Å². The van der Waals surface area contributed by atoms with Gasteiger partial charge in [-0.3, -0.25) is 4.31 Å². The maximum atomic E-state index is 13.7. The molecule has 182 valence electrons. The number of carboxylic acid groups (broad SMARTS) is 1. The zero-order valence-corrected chi connectivity index (χ0v) is 24.1. The van der Waals surface area contributed by atoms with E-state index in [9.17, 15) is 13.2 Å². The molecule has 35 heavy (non-hydrogen) atoms. The van der Waals surface area contributed by atoms with Crippen molar-refractivity contribution in [2.24, 2.45) is 5.92 Å². The number of thiazole rings is 1. The zero-order chi connectivity index (χ0) is 24.5. The third kappa shape index (κ3) is 6.27. The molecule has 0 unspecified atom stereocenters. The van der Waals surface area contributed by atoms with E-state index in [4.69, 9.17) is 9.84 Å². The molecule has 0 bridgehead atoms. The monoisotopic (exact) mass is 524 g/mol. The van der Waals surface area contributed by atoms with E-state index in [0.29, 0.717) is 23.7 Å². The van der Waals surface area contributed by atoms with Crippen LogP contribution in [-0.4, -0.2) is 31.0 Å². The summed E-state index contributed by atoms with van der Waals surface area (Å²) in [5.74, 6) is -0.402. The standard InChI is InChI=1S/C25H28N2O5S2.Na.H/c1-16(2)13-27(34(30,31)25-26-17(3)15-33-25)22-11-20-5-4-6-21(20)12-23(22)32-14-18-7-9-19(10-8-18)24(28)29;;/h7-12,15-16H,4-6,13-14H2,1-3H3,(H,28,29);;/q;+1;-1. The predicted octanol–water partition coefficient (Wildman–Crippen LogP) is 2.19. The Hall–Kier alpha value is -1.91. The van der Waals surface area contributed by atoms with Crippen LogP contribution in [0.15, 0.2) is 46.1 Å². The Labute approximate surface area is 234 Å². The fraction of sp³-hybridized carbons (Fsp3) is 0.360. The summed E-state index contributed by atoms with van der Waals surface area (Å²) >= 11 is 1.12. The van der Waals surface area contributed by atoms with Crippen LogP contribution in [0.1, 0.15) is 54.4 Å². The third-order valence-corrected chi connectivity index (χ3v) is 8.81. The number of carboxylic acids is 1. The number of hydrogen-bond acceptors (Lipinski definition) is 6. The Morgan fingerprint density at radius 1 is 1.20 bits per heavy atom. The average molecular weight is 525 g/mol. The van der Waals surface area contributed by atoms with Crippen LogP contribution in [-0.2, 0) is 29.5 Å². The van der Waals surface area contributed by atoms with Gasteiger partial charge in [0.15, 0.2) is 0 Å². The van der Waals surface area contributed by atoms with Crippen LogP contribution in [0.2, 0.25) is 0 Å². The fourth-order valence-electron chi connectivity index (χ4n) is 4.01. The summed E-state index contributed by atoms with van der Waals surface area (Å²) in [5, 5.41) is 10.9. The number of aryl methyl sites for hydroxylation is 3. The normalized spacial score (nSPS) is 12.8. The van der Waals surface area contributed by atoms with E-state index in [0.717, 1.165) is 41.7 Å². The smallest absolute Gasteiger partial charge is 1.00 e. The first-order valence-electron chi connectivity index (χ1n) is 11.2. The summed E-state index contributed by atoms with van der Waals surface area (Å²) in [5.41, 5.74) is 4.51. The number of aromatic nitrogens is 1. The second kappa shape index (κ2) is 11.4. The predicted molar refractivity (Wildman–Crippen MR) is 134 cm³/mol. The molecule has 3 aromatic rings. The minimum Gasteiger partial charge on any atom is -1.00 e. The Kier molecular flexibility index (Phi) is 9.04. The molecule has 1 aliphatic rings. The summed E-state index contributed by atoms with van der Waals surface area (Å²) in [6.45, 7) is 6.23. The van der Waals surface area contributed by atoms with Gasteiger partial charge in [0, 0.05) is 17.6 Å². The van der Waals surface area contributed by atoms with Gasteiger partial charge < -0.3 is 11.3 Å². The van der Waals surface area contributed by atoms with Crippen molar-refractivity contribution in [2.75, 3.05) is 10.8 Å². The number of hydrogen-bond donors (Lipinski definition) is 1. The molecule has 0 saturated heterocycles. The molecule has 4 rings (SSSR count). The summed E-state index contributed by atoms with van der Waals surface area (Å²) in [6.07, 6.45) is 2.87. The molecular formula is C25H29N2NaO5S2. The number of benzene rings is 2. The number of fused-ring (bicyclic) bond motifs is 1. The van der Waals surface area contributed by atoms with Crippen LogP contribution < -0.4 is 38.6 Å². The second-order valence-corrected chi connectivity index (χ2v) is 11.8. The second-order valence-electron chi connectivity index (χ2n) is 8.92. The minimum atomic E-state index is -3.87. The minimum absolute atomic E-state index is 0. The van der Waals surface area contributed by atoms with Crippen LogP contribution >= 0.6 is 11.3 Å². The molecule has 2 aromatic carbocycles. The number of anilines is 1. The van der Waals surface area contributed by atoms with E-state index in [1.807, 2.05) is 26.0 Å². The number of carbonyl (C=O) groups is 1. The van der Waals surface area contributed by atoms with E-state index < -0.39 is 16.0 Å². The number of ether oxygens (including phenoxy) is 1. The summed E-state index contributed by atoms with van der Waals surface area (Å²) in [4.78, 5) is 15.4. The van der Waals surface area contributed by atoms with Gasteiger partial charge in [-0.2, -0.15) is 8.42 Å². The van der Waals surface area contributed by atoms with Gasteiger partial charge in [0.2, 0.25) is 4.34 Å². The van der Waals surface area contributed by atoms with E-state index in [1.165, 1.54) is 22.0 Å². The molecule has 1 N–H and O–H groups in total. The number of nitrogens with zero attached hydrogens (tertiary/aromatic N) is 2. The molecular weight excluding hydrogens is 495 g/mol. The van der Waals surface area contributed by atoms with E-state index in [1.54, 1.807) is 24.4 Å². The maximum Gasteiger partial charge on any atom is 1.00 e. The quantitative estimate of drug-likeness (QED) is 0.431. The molecule has 10 heteroatoms. The van der Waals surface area contributed by atoms with Gasteiger partial charge in [-0.25, -0.2) is 9.78 Å². The van der Waals surface area contributed by atoms with Crippen molar-refractivity contribution < 1.29 is 54.0 Å². The van der Waals surface area contributed by atoms with Crippen LogP contribution in [0, 0.1) is 12.8 Å². The van der Waals surface area contributed by atoms with Crippen molar-refractivity contribution in [1.82, 2.24) is 4.98 Å². The van der Waals surface area contributed by atoms with Crippen molar-refractivity contribution in [3.05, 3.63) is 69.7 Å². The van der Waals surface area contributed by atoms with Crippen LogP contribution in [0.5, 0.6) is 5.75 Å². The van der Waals surface area contributed by atoms with Crippen LogP contribution in [0.25, 0.3) is 0 Å². The van der Waals surface area contributed by atoms with Gasteiger partial charge >= 0.3 is 35.5 Å². The average Bonchev–Trinajstić information content (AvgIpc) is 3.44.